The summed E-state index contributed by atoms with van der Waals surface area (Å²) in [5.74, 6) is 0.824. The van der Waals surface area contributed by atoms with Gasteiger partial charge >= 0.3 is 0 Å². The number of hydrogen-bond acceptors (Lipinski definition) is 2. The van der Waals surface area contributed by atoms with Crippen molar-refractivity contribution < 1.29 is 0 Å². The lowest BCUT2D eigenvalue weighted by atomic mass is 9.89. The van der Waals surface area contributed by atoms with E-state index in [1.807, 2.05) is 0 Å². The molecule has 0 bridgehead atoms. The van der Waals surface area contributed by atoms with Gasteiger partial charge in [0.2, 0.25) is 0 Å². The summed E-state index contributed by atoms with van der Waals surface area (Å²) in [4.78, 5) is 2.80. The van der Waals surface area contributed by atoms with Crippen molar-refractivity contribution in [3.8, 4) is 0 Å². The van der Waals surface area contributed by atoms with Crippen molar-refractivity contribution in [3.63, 3.8) is 0 Å². The van der Waals surface area contributed by atoms with Gasteiger partial charge in [-0.2, -0.15) is 0 Å². The van der Waals surface area contributed by atoms with E-state index >= 15 is 0 Å². The summed E-state index contributed by atoms with van der Waals surface area (Å²) in [5, 5.41) is 3.53. The average molecular weight is 210 g/mol. The fourth-order valence-electron chi connectivity index (χ4n) is 3.06. The topological polar surface area (TPSA) is 15.3 Å². The molecule has 1 N–H and O–H groups in total. The molecule has 0 radical (unpaired) electrons. The van der Waals surface area contributed by atoms with Crippen LogP contribution in [0.15, 0.2) is 0 Å². The van der Waals surface area contributed by atoms with Crippen LogP contribution in [-0.2, 0) is 0 Å². The van der Waals surface area contributed by atoms with Crippen LogP contribution >= 0.6 is 0 Å². The number of piperidine rings is 1. The minimum atomic E-state index is 0.738. The first kappa shape index (κ1) is 11.4. The smallest absolute Gasteiger partial charge is 0.0254 e. The van der Waals surface area contributed by atoms with E-state index in [1.54, 1.807) is 0 Å². The molecule has 15 heavy (non-hydrogen) atoms. The standard InChI is InChI=1S/C13H26N2/c1-10(2)9-13-12(14-3)5-4-8-15(13)11-6-7-11/h10-14H,4-9H2,1-3H3. The number of likely N-dealkylation sites (N-methyl/N-ethyl adjacent to an activating group) is 1. The van der Waals surface area contributed by atoms with Crippen LogP contribution in [-0.4, -0.2) is 36.6 Å². The van der Waals surface area contributed by atoms with Crippen molar-refractivity contribution in [2.24, 2.45) is 5.92 Å². The van der Waals surface area contributed by atoms with E-state index in [0.717, 1.165) is 24.0 Å². The summed E-state index contributed by atoms with van der Waals surface area (Å²) in [6.45, 7) is 6.05. The highest BCUT2D eigenvalue weighted by Crippen LogP contribution is 2.34. The molecule has 2 heteroatoms. The predicted molar refractivity (Wildman–Crippen MR) is 65.1 cm³/mol. The SMILES string of the molecule is CNC1CCCN(C2CC2)C1CC(C)C. The minimum absolute atomic E-state index is 0.738. The fourth-order valence-corrected chi connectivity index (χ4v) is 3.06. The first-order valence-corrected chi connectivity index (χ1v) is 6.65. The second kappa shape index (κ2) is 4.84. The Morgan fingerprint density at radius 1 is 1.27 bits per heavy atom. The summed E-state index contributed by atoms with van der Waals surface area (Å²) in [6.07, 6.45) is 7.02. The average Bonchev–Trinajstić information content (AvgIpc) is 3.01. The second-order valence-corrected chi connectivity index (χ2v) is 5.70. The molecule has 0 aromatic carbocycles. The van der Waals surface area contributed by atoms with Crippen molar-refractivity contribution in [2.75, 3.05) is 13.6 Å². The highest BCUT2D eigenvalue weighted by atomic mass is 15.2. The van der Waals surface area contributed by atoms with Gasteiger partial charge in [-0.05, 0) is 51.6 Å². The zero-order chi connectivity index (χ0) is 10.8. The van der Waals surface area contributed by atoms with E-state index < -0.39 is 0 Å². The van der Waals surface area contributed by atoms with Crippen molar-refractivity contribution in [1.29, 1.82) is 0 Å². The first-order chi connectivity index (χ1) is 7.22. The number of nitrogens with one attached hydrogen (secondary N) is 1. The maximum atomic E-state index is 3.53. The molecule has 88 valence electrons. The Bertz CT molecular complexity index is 199. The number of nitrogens with zero attached hydrogens (tertiary/aromatic N) is 1. The lowest BCUT2D eigenvalue weighted by Gasteiger charge is -2.42. The molecule has 2 nitrogen and oxygen atoms in total. The Balaban J connectivity index is 2.00. The van der Waals surface area contributed by atoms with Crippen molar-refractivity contribution in [2.45, 2.75) is 64.1 Å². The molecule has 1 heterocycles. The van der Waals surface area contributed by atoms with Crippen molar-refractivity contribution in [3.05, 3.63) is 0 Å². The highest BCUT2D eigenvalue weighted by molar-refractivity contribution is 4.96. The molecule has 1 aliphatic heterocycles. The summed E-state index contributed by atoms with van der Waals surface area (Å²) in [6, 6.07) is 2.47. The molecule has 2 rings (SSSR count). The van der Waals surface area contributed by atoms with E-state index in [1.165, 1.54) is 38.6 Å². The Hall–Kier alpha value is -0.0800. The maximum Gasteiger partial charge on any atom is 0.0254 e. The minimum Gasteiger partial charge on any atom is -0.315 e. The van der Waals surface area contributed by atoms with Gasteiger partial charge in [0, 0.05) is 18.1 Å². The van der Waals surface area contributed by atoms with Crippen LogP contribution in [0.2, 0.25) is 0 Å². The van der Waals surface area contributed by atoms with Gasteiger partial charge in [-0.3, -0.25) is 4.90 Å². The zero-order valence-electron chi connectivity index (χ0n) is 10.5. The molecule has 0 aromatic heterocycles. The van der Waals surface area contributed by atoms with E-state index in [2.05, 4.69) is 31.1 Å². The lowest BCUT2D eigenvalue weighted by molar-refractivity contribution is 0.0908. The molecule has 2 aliphatic rings. The molecule has 1 saturated heterocycles. The molecule has 1 saturated carbocycles. The van der Waals surface area contributed by atoms with Crippen LogP contribution in [0.4, 0.5) is 0 Å². The van der Waals surface area contributed by atoms with Crippen LogP contribution in [0.3, 0.4) is 0 Å². The molecule has 2 atom stereocenters. The van der Waals surface area contributed by atoms with E-state index in [9.17, 15) is 0 Å². The van der Waals surface area contributed by atoms with Crippen molar-refractivity contribution in [1.82, 2.24) is 10.2 Å². The van der Waals surface area contributed by atoms with Gasteiger partial charge in [0.05, 0.1) is 0 Å². The van der Waals surface area contributed by atoms with Crippen LogP contribution < -0.4 is 5.32 Å². The third kappa shape index (κ3) is 2.73. The number of hydrogen-bond donors (Lipinski definition) is 1. The molecule has 0 spiro atoms. The normalized spacial score (nSPS) is 33.6. The van der Waals surface area contributed by atoms with Crippen molar-refractivity contribution >= 4 is 0 Å². The monoisotopic (exact) mass is 210 g/mol. The molecular formula is C13H26N2. The van der Waals surface area contributed by atoms with Crippen LogP contribution in [0, 0.1) is 5.92 Å². The summed E-state index contributed by atoms with van der Waals surface area (Å²) in [5.41, 5.74) is 0. The third-order valence-electron chi connectivity index (χ3n) is 3.92. The molecule has 0 amide bonds. The van der Waals surface area contributed by atoms with Crippen LogP contribution in [0.25, 0.3) is 0 Å². The van der Waals surface area contributed by atoms with Crippen LogP contribution in [0.5, 0.6) is 0 Å². The Morgan fingerprint density at radius 2 is 2.00 bits per heavy atom. The van der Waals surface area contributed by atoms with Gasteiger partial charge in [-0.25, -0.2) is 0 Å². The number of rotatable bonds is 4. The van der Waals surface area contributed by atoms with Gasteiger partial charge < -0.3 is 5.32 Å². The van der Waals surface area contributed by atoms with Gasteiger partial charge in [0.15, 0.2) is 0 Å². The zero-order valence-corrected chi connectivity index (χ0v) is 10.5. The second-order valence-electron chi connectivity index (χ2n) is 5.70. The Morgan fingerprint density at radius 3 is 2.53 bits per heavy atom. The molecule has 2 unspecified atom stereocenters. The maximum absolute atomic E-state index is 3.53. The fraction of sp³-hybridized carbons (Fsp3) is 1.00. The van der Waals surface area contributed by atoms with E-state index in [0.29, 0.717) is 0 Å². The molecule has 2 fully saturated rings. The van der Waals surface area contributed by atoms with Gasteiger partial charge in [-0.15, -0.1) is 0 Å². The summed E-state index contributed by atoms with van der Waals surface area (Å²) >= 11 is 0. The van der Waals surface area contributed by atoms with Crippen LogP contribution in [0.1, 0.15) is 46.0 Å². The summed E-state index contributed by atoms with van der Waals surface area (Å²) in [7, 11) is 2.13. The van der Waals surface area contributed by atoms with E-state index in [4.69, 9.17) is 0 Å². The van der Waals surface area contributed by atoms with Gasteiger partial charge in [0.25, 0.3) is 0 Å². The van der Waals surface area contributed by atoms with Gasteiger partial charge in [-0.1, -0.05) is 13.8 Å². The van der Waals surface area contributed by atoms with E-state index in [-0.39, 0.29) is 0 Å². The molecule has 0 aromatic rings. The quantitative estimate of drug-likeness (QED) is 0.765. The molecule has 1 aliphatic carbocycles. The Kier molecular flexibility index (Phi) is 3.68. The summed E-state index contributed by atoms with van der Waals surface area (Å²) < 4.78 is 0. The highest BCUT2D eigenvalue weighted by Gasteiger charge is 2.39. The molecular weight excluding hydrogens is 184 g/mol. The predicted octanol–water partition coefficient (Wildman–Crippen LogP) is 2.25. The Labute approximate surface area is 94.4 Å². The lowest BCUT2D eigenvalue weighted by Crippen LogP contribution is -2.54. The number of likely N-dealkylation sites (tertiary alicyclic amines) is 1. The van der Waals surface area contributed by atoms with Gasteiger partial charge in [0.1, 0.15) is 0 Å². The first-order valence-electron chi connectivity index (χ1n) is 6.65. The largest absolute Gasteiger partial charge is 0.315 e. The third-order valence-corrected chi connectivity index (χ3v) is 3.92.